The fraction of sp³-hybridized carbons (Fsp3) is 0.194. The van der Waals surface area contributed by atoms with Gasteiger partial charge in [-0.25, -0.2) is 0 Å². The molecule has 0 radical (unpaired) electrons. The van der Waals surface area contributed by atoms with E-state index in [9.17, 15) is 5.26 Å². The third-order valence-electron chi connectivity index (χ3n) is 7.68. The Hall–Kier alpha value is -3.85. The monoisotopic (exact) mass is 470 g/mol. The number of nitriles is 1. The summed E-state index contributed by atoms with van der Waals surface area (Å²) in [7, 11) is -0.420. The second-order valence-electron chi connectivity index (χ2n) is 10.5. The molecule has 1 aliphatic heterocycles. The molecule has 176 valence electrons. The second-order valence-corrected chi connectivity index (χ2v) is 10.5. The standard InChI is InChI=1S/C31H27BN2O2/c1-30(2)31(3,4)36-32(35-30)24-15-17-29-27(19-24)26-18-23(22-12-10-21(20-33)11-13-22)14-16-28(26)34(29)25-8-6-5-7-9-25/h5-19H,1-4H3. The van der Waals surface area contributed by atoms with Gasteiger partial charge < -0.3 is 13.9 Å². The Morgan fingerprint density at radius 2 is 1.28 bits per heavy atom. The van der Waals surface area contributed by atoms with E-state index in [1.165, 1.54) is 0 Å². The van der Waals surface area contributed by atoms with Crippen LogP contribution in [0.15, 0.2) is 91.0 Å². The summed E-state index contributed by atoms with van der Waals surface area (Å²) in [5.74, 6) is 0. The van der Waals surface area contributed by atoms with E-state index in [2.05, 4.69) is 99.0 Å². The van der Waals surface area contributed by atoms with E-state index >= 15 is 0 Å². The zero-order chi connectivity index (χ0) is 25.1. The molecule has 2 heterocycles. The molecule has 5 heteroatoms. The Labute approximate surface area is 211 Å². The first-order valence-corrected chi connectivity index (χ1v) is 12.3. The quantitative estimate of drug-likeness (QED) is 0.279. The Kier molecular flexibility index (Phi) is 5.08. The summed E-state index contributed by atoms with van der Waals surface area (Å²) in [4.78, 5) is 0. The normalized spacial score (nSPS) is 16.5. The van der Waals surface area contributed by atoms with Crippen molar-refractivity contribution in [2.75, 3.05) is 0 Å². The molecule has 6 rings (SSSR count). The van der Waals surface area contributed by atoms with Gasteiger partial charge in [-0.3, -0.25) is 0 Å². The van der Waals surface area contributed by atoms with Gasteiger partial charge in [-0.1, -0.05) is 48.5 Å². The SMILES string of the molecule is CC1(C)OB(c2ccc3c(c2)c2cc(-c4ccc(C#N)cc4)ccc2n3-c2ccccc2)OC1(C)C. The van der Waals surface area contributed by atoms with Crippen molar-refractivity contribution in [2.45, 2.75) is 38.9 Å². The number of para-hydroxylation sites is 1. The van der Waals surface area contributed by atoms with Gasteiger partial charge in [0.1, 0.15) is 0 Å². The maximum absolute atomic E-state index is 9.18. The van der Waals surface area contributed by atoms with E-state index in [0.717, 1.165) is 44.1 Å². The molecule has 0 saturated carbocycles. The number of aromatic nitrogens is 1. The van der Waals surface area contributed by atoms with E-state index in [-0.39, 0.29) is 0 Å². The van der Waals surface area contributed by atoms with Crippen LogP contribution in [-0.2, 0) is 9.31 Å². The van der Waals surface area contributed by atoms with Crippen molar-refractivity contribution in [3.8, 4) is 22.9 Å². The fourth-order valence-electron chi connectivity index (χ4n) is 4.94. The molecule has 0 atom stereocenters. The Bertz CT molecular complexity index is 1630. The highest BCUT2D eigenvalue weighted by atomic mass is 16.7. The van der Waals surface area contributed by atoms with Crippen molar-refractivity contribution in [2.24, 2.45) is 0 Å². The summed E-state index contributed by atoms with van der Waals surface area (Å²) >= 11 is 0. The first-order chi connectivity index (χ1) is 17.3. The van der Waals surface area contributed by atoms with Crippen LogP contribution in [0.4, 0.5) is 0 Å². The van der Waals surface area contributed by atoms with Crippen molar-refractivity contribution in [1.29, 1.82) is 5.26 Å². The van der Waals surface area contributed by atoms with Crippen LogP contribution in [0.1, 0.15) is 33.3 Å². The highest BCUT2D eigenvalue weighted by Gasteiger charge is 2.51. The lowest BCUT2D eigenvalue weighted by atomic mass is 9.78. The van der Waals surface area contributed by atoms with Crippen LogP contribution in [-0.4, -0.2) is 22.9 Å². The lowest BCUT2D eigenvalue weighted by molar-refractivity contribution is 0.00578. The summed E-state index contributed by atoms with van der Waals surface area (Å²) in [6, 6.07) is 33.5. The molecule has 1 saturated heterocycles. The molecule has 0 N–H and O–H groups in total. The lowest BCUT2D eigenvalue weighted by Gasteiger charge is -2.32. The van der Waals surface area contributed by atoms with Gasteiger partial charge in [0.25, 0.3) is 0 Å². The predicted octanol–water partition coefficient (Wildman–Crippen LogP) is 6.62. The molecule has 1 aliphatic rings. The largest absolute Gasteiger partial charge is 0.494 e. The van der Waals surface area contributed by atoms with Crippen LogP contribution in [0.5, 0.6) is 0 Å². The van der Waals surface area contributed by atoms with Gasteiger partial charge in [0.2, 0.25) is 0 Å². The van der Waals surface area contributed by atoms with Crippen LogP contribution < -0.4 is 5.46 Å². The van der Waals surface area contributed by atoms with Crippen molar-refractivity contribution < 1.29 is 9.31 Å². The highest BCUT2D eigenvalue weighted by Crippen LogP contribution is 2.38. The van der Waals surface area contributed by atoms with Crippen molar-refractivity contribution in [3.05, 3.63) is 96.6 Å². The third-order valence-corrected chi connectivity index (χ3v) is 7.68. The molecule has 4 aromatic carbocycles. The minimum Gasteiger partial charge on any atom is -0.399 e. The van der Waals surface area contributed by atoms with Crippen LogP contribution in [0.25, 0.3) is 38.6 Å². The van der Waals surface area contributed by atoms with E-state index < -0.39 is 18.3 Å². The summed E-state index contributed by atoms with van der Waals surface area (Å²) in [6.07, 6.45) is 0. The molecular weight excluding hydrogens is 443 g/mol. The third kappa shape index (κ3) is 3.53. The average molecular weight is 470 g/mol. The number of hydrogen-bond donors (Lipinski definition) is 0. The van der Waals surface area contributed by atoms with E-state index in [4.69, 9.17) is 9.31 Å². The minimum absolute atomic E-state index is 0.395. The lowest BCUT2D eigenvalue weighted by Crippen LogP contribution is -2.41. The van der Waals surface area contributed by atoms with Gasteiger partial charge in [-0.2, -0.15) is 5.26 Å². The predicted molar refractivity (Wildman–Crippen MR) is 147 cm³/mol. The Balaban J connectivity index is 1.56. The molecule has 0 unspecified atom stereocenters. The van der Waals surface area contributed by atoms with Gasteiger partial charge in [0.15, 0.2) is 0 Å². The first-order valence-electron chi connectivity index (χ1n) is 12.3. The smallest absolute Gasteiger partial charge is 0.399 e. The molecule has 4 nitrogen and oxygen atoms in total. The maximum atomic E-state index is 9.18. The molecule has 36 heavy (non-hydrogen) atoms. The van der Waals surface area contributed by atoms with Crippen molar-refractivity contribution in [1.82, 2.24) is 4.57 Å². The van der Waals surface area contributed by atoms with Crippen molar-refractivity contribution in [3.63, 3.8) is 0 Å². The summed E-state index contributed by atoms with van der Waals surface area (Å²) in [6.45, 7) is 8.32. The van der Waals surface area contributed by atoms with Crippen molar-refractivity contribution >= 4 is 34.4 Å². The zero-order valence-corrected chi connectivity index (χ0v) is 20.9. The Morgan fingerprint density at radius 3 is 1.92 bits per heavy atom. The number of hydrogen-bond acceptors (Lipinski definition) is 3. The molecular formula is C31H27BN2O2. The fourth-order valence-corrected chi connectivity index (χ4v) is 4.94. The first kappa shape index (κ1) is 22.6. The number of rotatable bonds is 3. The topological polar surface area (TPSA) is 47.2 Å². The average Bonchev–Trinajstić information content (AvgIpc) is 3.33. The van der Waals surface area contributed by atoms with Crippen LogP contribution in [0.3, 0.4) is 0 Å². The van der Waals surface area contributed by atoms with Gasteiger partial charge in [-0.05, 0) is 86.7 Å². The summed E-state index contributed by atoms with van der Waals surface area (Å²) in [5, 5.41) is 11.5. The molecule has 0 amide bonds. The van der Waals surface area contributed by atoms with Gasteiger partial charge in [0, 0.05) is 16.5 Å². The van der Waals surface area contributed by atoms with Crippen LogP contribution in [0.2, 0.25) is 0 Å². The molecule has 5 aromatic rings. The molecule has 1 fully saturated rings. The van der Waals surface area contributed by atoms with Gasteiger partial charge >= 0.3 is 7.12 Å². The zero-order valence-electron chi connectivity index (χ0n) is 20.9. The van der Waals surface area contributed by atoms with Gasteiger partial charge in [-0.15, -0.1) is 0 Å². The molecule has 0 bridgehead atoms. The Morgan fingerprint density at radius 1 is 0.694 bits per heavy atom. The molecule has 1 aromatic heterocycles. The van der Waals surface area contributed by atoms with Gasteiger partial charge in [0.05, 0.1) is 33.9 Å². The molecule has 0 aliphatic carbocycles. The van der Waals surface area contributed by atoms with Crippen LogP contribution >= 0.6 is 0 Å². The maximum Gasteiger partial charge on any atom is 0.494 e. The summed E-state index contributed by atoms with van der Waals surface area (Å²) in [5.41, 5.74) is 6.46. The number of nitrogens with zero attached hydrogens (tertiary/aromatic N) is 2. The number of fused-ring (bicyclic) bond motifs is 3. The van der Waals surface area contributed by atoms with E-state index in [1.54, 1.807) is 0 Å². The minimum atomic E-state index is -0.420. The van der Waals surface area contributed by atoms with E-state index in [1.807, 2.05) is 30.3 Å². The highest BCUT2D eigenvalue weighted by molar-refractivity contribution is 6.62. The second kappa shape index (κ2) is 8.10. The number of benzene rings is 4. The molecule has 0 spiro atoms. The van der Waals surface area contributed by atoms with E-state index in [0.29, 0.717) is 5.56 Å². The summed E-state index contributed by atoms with van der Waals surface area (Å²) < 4.78 is 15.0. The van der Waals surface area contributed by atoms with Crippen LogP contribution in [0, 0.1) is 11.3 Å².